The van der Waals surface area contributed by atoms with Gasteiger partial charge < -0.3 is 20.4 Å². The maximum Gasteiger partial charge on any atom is 0.249 e. The maximum atomic E-state index is 4.54. The molecule has 0 bridgehead atoms. The number of hydrogen-bond donors (Lipinski definition) is 2. The Morgan fingerprint density at radius 2 is 1.66 bits per heavy atom. The van der Waals surface area contributed by atoms with Gasteiger partial charge in [-0.05, 0) is 56.8 Å². The third-order valence-electron chi connectivity index (χ3n) is 5.20. The molecule has 1 aliphatic heterocycles. The van der Waals surface area contributed by atoms with Gasteiger partial charge in [-0.3, -0.25) is 0 Å². The van der Waals surface area contributed by atoms with E-state index in [9.17, 15) is 0 Å². The molecule has 2 aromatic carbocycles. The quantitative estimate of drug-likeness (QED) is 0.689. The van der Waals surface area contributed by atoms with Gasteiger partial charge in [-0.25, -0.2) is 0 Å². The van der Waals surface area contributed by atoms with E-state index >= 15 is 0 Å². The number of aryl methyl sites for hydroxylation is 2. The van der Waals surface area contributed by atoms with E-state index in [-0.39, 0.29) is 0 Å². The summed E-state index contributed by atoms with van der Waals surface area (Å²) in [5.74, 6) is 1.12. The number of aromatic nitrogens is 3. The molecule has 1 aliphatic rings. The molecule has 2 N–H and O–H groups in total. The van der Waals surface area contributed by atoms with E-state index in [4.69, 9.17) is 0 Å². The molecular weight excluding hydrogens is 362 g/mol. The van der Waals surface area contributed by atoms with Crippen LogP contribution in [0.15, 0.2) is 48.7 Å². The number of nitrogens with one attached hydrogen (secondary N) is 2. The number of likely N-dealkylation sites (N-methyl/N-ethyl adjacent to an activating group) is 1. The minimum atomic E-state index is 0.469. The van der Waals surface area contributed by atoms with Crippen molar-refractivity contribution in [1.82, 2.24) is 20.1 Å². The summed E-state index contributed by atoms with van der Waals surface area (Å²) in [7, 11) is 2.17. The first-order chi connectivity index (χ1) is 14.1. The number of benzene rings is 2. The van der Waals surface area contributed by atoms with E-state index in [1.165, 1.54) is 11.3 Å². The van der Waals surface area contributed by atoms with Crippen molar-refractivity contribution in [2.45, 2.75) is 13.8 Å². The Morgan fingerprint density at radius 3 is 2.38 bits per heavy atom. The van der Waals surface area contributed by atoms with Crippen LogP contribution in [-0.2, 0) is 0 Å². The second-order valence-electron chi connectivity index (χ2n) is 7.57. The van der Waals surface area contributed by atoms with Gasteiger partial charge >= 0.3 is 0 Å². The summed E-state index contributed by atoms with van der Waals surface area (Å²) in [5, 5.41) is 14.7. The Kier molecular flexibility index (Phi) is 5.57. The van der Waals surface area contributed by atoms with Gasteiger partial charge in [-0.15, -0.1) is 5.10 Å². The van der Waals surface area contributed by atoms with E-state index in [1.54, 1.807) is 6.20 Å². The molecule has 7 nitrogen and oxygen atoms in total. The highest BCUT2D eigenvalue weighted by molar-refractivity contribution is 5.63. The Hall–Kier alpha value is -3.19. The molecule has 7 heteroatoms. The van der Waals surface area contributed by atoms with Crippen molar-refractivity contribution >= 4 is 28.8 Å². The van der Waals surface area contributed by atoms with Crippen molar-refractivity contribution < 1.29 is 0 Å². The van der Waals surface area contributed by atoms with Crippen molar-refractivity contribution in [3.05, 3.63) is 59.8 Å². The van der Waals surface area contributed by atoms with Crippen LogP contribution >= 0.6 is 0 Å². The second kappa shape index (κ2) is 8.45. The molecule has 1 saturated heterocycles. The Balaban J connectivity index is 1.42. The highest BCUT2D eigenvalue weighted by Gasteiger charge is 2.14. The molecule has 0 amide bonds. The van der Waals surface area contributed by atoms with E-state index in [1.807, 2.05) is 6.07 Å². The molecule has 1 fully saturated rings. The summed E-state index contributed by atoms with van der Waals surface area (Å²) in [6.45, 7) is 8.46. The fraction of sp³-hybridized carbons (Fsp3) is 0.318. The fourth-order valence-electron chi connectivity index (χ4n) is 3.46. The predicted octanol–water partition coefficient (Wildman–Crippen LogP) is 3.73. The van der Waals surface area contributed by atoms with Crippen LogP contribution in [0.5, 0.6) is 0 Å². The number of nitrogens with zero attached hydrogens (tertiary/aromatic N) is 5. The largest absolute Gasteiger partial charge is 0.369 e. The van der Waals surface area contributed by atoms with E-state index < -0.39 is 0 Å². The van der Waals surface area contributed by atoms with Gasteiger partial charge in [0, 0.05) is 43.2 Å². The average molecular weight is 390 g/mol. The third kappa shape index (κ3) is 4.81. The third-order valence-corrected chi connectivity index (χ3v) is 5.20. The van der Waals surface area contributed by atoms with Crippen molar-refractivity contribution in [1.29, 1.82) is 0 Å². The number of anilines is 5. The monoisotopic (exact) mass is 389 g/mol. The van der Waals surface area contributed by atoms with Crippen molar-refractivity contribution in [3.63, 3.8) is 0 Å². The normalized spacial score (nSPS) is 14.7. The van der Waals surface area contributed by atoms with Crippen LogP contribution in [0.1, 0.15) is 11.1 Å². The Labute approximate surface area is 171 Å². The predicted molar refractivity (Wildman–Crippen MR) is 118 cm³/mol. The number of rotatable bonds is 5. The van der Waals surface area contributed by atoms with E-state index in [0.29, 0.717) is 11.8 Å². The van der Waals surface area contributed by atoms with Gasteiger partial charge in [0.25, 0.3) is 0 Å². The topological polar surface area (TPSA) is 69.2 Å². The lowest BCUT2D eigenvalue weighted by Crippen LogP contribution is -2.44. The average Bonchev–Trinajstić information content (AvgIpc) is 2.72. The van der Waals surface area contributed by atoms with Crippen molar-refractivity contribution in [3.8, 4) is 0 Å². The lowest BCUT2D eigenvalue weighted by atomic mass is 10.1. The molecule has 0 saturated carbocycles. The van der Waals surface area contributed by atoms with E-state index in [0.717, 1.165) is 43.1 Å². The molecule has 3 aromatic rings. The molecule has 0 radical (unpaired) electrons. The van der Waals surface area contributed by atoms with Gasteiger partial charge in [-0.2, -0.15) is 10.1 Å². The zero-order valence-corrected chi connectivity index (χ0v) is 17.2. The summed E-state index contributed by atoms with van der Waals surface area (Å²) in [4.78, 5) is 9.31. The summed E-state index contributed by atoms with van der Waals surface area (Å²) in [6.07, 6.45) is 1.63. The number of piperazine rings is 1. The van der Waals surface area contributed by atoms with Gasteiger partial charge in [-0.1, -0.05) is 17.7 Å². The molecule has 1 aromatic heterocycles. The SMILES string of the molecule is Cc1ccc(Nc2nncc(Nc3ccc(N4CCN(C)CC4)cc3)n2)c(C)c1. The molecule has 29 heavy (non-hydrogen) atoms. The standard InChI is InChI=1S/C22H27N7/c1-16-4-9-20(17(2)14-16)25-22-26-21(15-23-27-22)24-18-5-7-19(8-6-18)29-12-10-28(3)11-13-29/h4-9,14-15H,10-13H2,1-3H3,(H2,24,25,26,27). The lowest BCUT2D eigenvalue weighted by molar-refractivity contribution is 0.313. The smallest absolute Gasteiger partial charge is 0.249 e. The number of hydrogen-bond acceptors (Lipinski definition) is 7. The van der Waals surface area contributed by atoms with E-state index in [2.05, 4.69) is 92.9 Å². The lowest BCUT2D eigenvalue weighted by Gasteiger charge is -2.34. The van der Waals surface area contributed by atoms with Gasteiger partial charge in [0.2, 0.25) is 5.95 Å². The summed E-state index contributed by atoms with van der Waals surface area (Å²) >= 11 is 0. The highest BCUT2D eigenvalue weighted by Crippen LogP contribution is 2.23. The summed E-state index contributed by atoms with van der Waals surface area (Å²) in [5.41, 5.74) is 5.57. The summed E-state index contributed by atoms with van der Waals surface area (Å²) < 4.78 is 0. The molecule has 4 rings (SSSR count). The fourth-order valence-corrected chi connectivity index (χ4v) is 3.46. The molecule has 0 atom stereocenters. The van der Waals surface area contributed by atoms with Crippen molar-refractivity contribution in [2.75, 3.05) is 48.8 Å². The minimum Gasteiger partial charge on any atom is -0.369 e. The van der Waals surface area contributed by atoms with Crippen LogP contribution < -0.4 is 15.5 Å². The van der Waals surface area contributed by atoms with Crippen LogP contribution in [0.25, 0.3) is 0 Å². The zero-order chi connectivity index (χ0) is 20.2. The first-order valence-electron chi connectivity index (χ1n) is 9.91. The molecule has 0 spiro atoms. The molecular formula is C22H27N7. The molecule has 0 unspecified atom stereocenters. The first-order valence-corrected chi connectivity index (χ1v) is 9.91. The second-order valence-corrected chi connectivity index (χ2v) is 7.57. The van der Waals surface area contributed by atoms with Crippen LogP contribution in [0.4, 0.5) is 28.8 Å². The molecule has 150 valence electrons. The molecule has 0 aliphatic carbocycles. The Bertz CT molecular complexity index is 963. The summed E-state index contributed by atoms with van der Waals surface area (Å²) in [6, 6.07) is 14.7. The van der Waals surface area contributed by atoms with Crippen LogP contribution in [0.2, 0.25) is 0 Å². The molecule has 2 heterocycles. The van der Waals surface area contributed by atoms with Crippen LogP contribution in [0.3, 0.4) is 0 Å². The zero-order valence-electron chi connectivity index (χ0n) is 17.2. The first kappa shape index (κ1) is 19.1. The van der Waals surface area contributed by atoms with Crippen LogP contribution in [0, 0.1) is 13.8 Å². The minimum absolute atomic E-state index is 0.469. The van der Waals surface area contributed by atoms with Gasteiger partial charge in [0.05, 0.1) is 6.20 Å². The van der Waals surface area contributed by atoms with Gasteiger partial charge in [0.1, 0.15) is 0 Å². The maximum absolute atomic E-state index is 4.54. The van der Waals surface area contributed by atoms with Crippen LogP contribution in [-0.4, -0.2) is 53.3 Å². The van der Waals surface area contributed by atoms with Gasteiger partial charge in [0.15, 0.2) is 5.82 Å². The highest BCUT2D eigenvalue weighted by atomic mass is 15.3. The Morgan fingerprint density at radius 1 is 0.897 bits per heavy atom. The van der Waals surface area contributed by atoms with Crippen molar-refractivity contribution in [2.24, 2.45) is 0 Å².